The molecule has 94 valence electrons. The SMILES string of the molecule is O=c1[nH]nc(Cc2cc[n+]([O-])cc2)c2ccccc12. The van der Waals surface area contributed by atoms with Gasteiger partial charge in [-0.05, 0) is 11.6 Å². The smallest absolute Gasteiger partial charge is 0.272 e. The lowest BCUT2D eigenvalue weighted by Gasteiger charge is -2.04. The van der Waals surface area contributed by atoms with Crippen LogP contribution in [0.4, 0.5) is 0 Å². The molecule has 0 radical (unpaired) electrons. The average molecular weight is 253 g/mol. The highest BCUT2D eigenvalue weighted by Gasteiger charge is 2.07. The summed E-state index contributed by atoms with van der Waals surface area (Å²) in [5.41, 5.74) is 1.57. The minimum atomic E-state index is -0.190. The number of rotatable bonds is 2. The third kappa shape index (κ3) is 2.18. The van der Waals surface area contributed by atoms with Gasteiger partial charge in [0, 0.05) is 23.9 Å². The number of fused-ring (bicyclic) bond motifs is 1. The second-order valence-electron chi connectivity index (χ2n) is 4.29. The highest BCUT2D eigenvalue weighted by atomic mass is 16.5. The van der Waals surface area contributed by atoms with Crippen LogP contribution in [0.15, 0.2) is 53.6 Å². The molecule has 0 spiro atoms. The van der Waals surface area contributed by atoms with Gasteiger partial charge in [0.15, 0.2) is 12.4 Å². The first kappa shape index (κ1) is 11.4. The van der Waals surface area contributed by atoms with Gasteiger partial charge >= 0.3 is 0 Å². The number of benzene rings is 1. The first-order valence-corrected chi connectivity index (χ1v) is 5.88. The molecule has 0 bridgehead atoms. The molecule has 5 heteroatoms. The third-order valence-electron chi connectivity index (χ3n) is 3.02. The van der Waals surface area contributed by atoms with Crippen LogP contribution in [0.2, 0.25) is 0 Å². The maximum absolute atomic E-state index is 11.7. The fourth-order valence-electron chi connectivity index (χ4n) is 2.06. The maximum atomic E-state index is 11.7. The van der Waals surface area contributed by atoms with Crippen LogP contribution in [-0.2, 0) is 6.42 Å². The second kappa shape index (κ2) is 4.53. The molecule has 19 heavy (non-hydrogen) atoms. The van der Waals surface area contributed by atoms with Gasteiger partial charge in [0.2, 0.25) is 0 Å². The van der Waals surface area contributed by atoms with E-state index < -0.39 is 0 Å². The molecule has 2 heterocycles. The van der Waals surface area contributed by atoms with Gasteiger partial charge < -0.3 is 5.21 Å². The van der Waals surface area contributed by atoms with Gasteiger partial charge in [-0.25, -0.2) is 5.10 Å². The Bertz CT molecular complexity index is 779. The predicted molar refractivity (Wildman–Crippen MR) is 70.6 cm³/mol. The predicted octanol–water partition coefficient (Wildman–Crippen LogP) is 1.15. The Balaban J connectivity index is 2.08. The lowest BCUT2D eigenvalue weighted by atomic mass is 10.1. The monoisotopic (exact) mass is 253 g/mol. The van der Waals surface area contributed by atoms with Gasteiger partial charge in [-0.15, -0.1) is 0 Å². The highest BCUT2D eigenvalue weighted by Crippen LogP contribution is 2.15. The van der Waals surface area contributed by atoms with Crippen LogP contribution in [0.25, 0.3) is 10.8 Å². The number of hydrogen-bond donors (Lipinski definition) is 1. The number of aromatic nitrogens is 3. The van der Waals surface area contributed by atoms with Crippen molar-refractivity contribution in [2.75, 3.05) is 0 Å². The summed E-state index contributed by atoms with van der Waals surface area (Å²) >= 11 is 0. The molecular weight excluding hydrogens is 242 g/mol. The van der Waals surface area contributed by atoms with Crippen molar-refractivity contribution in [1.29, 1.82) is 0 Å². The molecule has 1 aromatic carbocycles. The van der Waals surface area contributed by atoms with E-state index in [1.807, 2.05) is 18.2 Å². The lowest BCUT2D eigenvalue weighted by molar-refractivity contribution is -0.605. The van der Waals surface area contributed by atoms with Crippen molar-refractivity contribution in [2.45, 2.75) is 6.42 Å². The summed E-state index contributed by atoms with van der Waals surface area (Å²) in [7, 11) is 0. The van der Waals surface area contributed by atoms with E-state index in [1.165, 1.54) is 12.4 Å². The Morgan fingerprint density at radius 2 is 1.79 bits per heavy atom. The molecule has 0 saturated heterocycles. The van der Waals surface area contributed by atoms with Crippen LogP contribution in [-0.4, -0.2) is 10.2 Å². The van der Waals surface area contributed by atoms with Gasteiger partial charge in [-0.3, -0.25) is 4.79 Å². The zero-order chi connectivity index (χ0) is 13.2. The van der Waals surface area contributed by atoms with E-state index in [1.54, 1.807) is 18.2 Å². The van der Waals surface area contributed by atoms with Gasteiger partial charge in [-0.2, -0.15) is 9.83 Å². The van der Waals surface area contributed by atoms with Crippen molar-refractivity contribution in [3.63, 3.8) is 0 Å². The van der Waals surface area contributed by atoms with Crippen molar-refractivity contribution in [2.24, 2.45) is 0 Å². The molecule has 3 aromatic rings. The molecule has 0 saturated carbocycles. The van der Waals surface area contributed by atoms with Crippen LogP contribution in [0.3, 0.4) is 0 Å². The van der Waals surface area contributed by atoms with Crippen LogP contribution in [0, 0.1) is 5.21 Å². The fourth-order valence-corrected chi connectivity index (χ4v) is 2.06. The van der Waals surface area contributed by atoms with Crippen molar-refractivity contribution < 1.29 is 4.73 Å². The number of nitrogens with zero attached hydrogens (tertiary/aromatic N) is 2. The van der Waals surface area contributed by atoms with E-state index in [2.05, 4.69) is 10.2 Å². The Morgan fingerprint density at radius 3 is 2.53 bits per heavy atom. The van der Waals surface area contributed by atoms with Crippen molar-refractivity contribution >= 4 is 10.8 Å². The van der Waals surface area contributed by atoms with E-state index in [4.69, 9.17) is 0 Å². The lowest BCUT2D eigenvalue weighted by Crippen LogP contribution is -2.23. The second-order valence-corrected chi connectivity index (χ2v) is 4.29. The summed E-state index contributed by atoms with van der Waals surface area (Å²) in [5.74, 6) is 0. The Hall–Kier alpha value is -2.69. The van der Waals surface area contributed by atoms with E-state index >= 15 is 0 Å². The molecule has 0 fully saturated rings. The minimum absolute atomic E-state index is 0.190. The standard InChI is InChI=1S/C14H11N3O2/c18-14-12-4-2-1-3-11(12)13(15-16-14)9-10-5-7-17(19)8-6-10/h1-8H,9H2,(H,16,18). The summed E-state index contributed by atoms with van der Waals surface area (Å²) in [6.45, 7) is 0. The number of H-pyrrole nitrogens is 1. The van der Waals surface area contributed by atoms with Gasteiger partial charge in [0.1, 0.15) is 0 Å². The van der Waals surface area contributed by atoms with Crippen molar-refractivity contribution in [3.05, 3.63) is 75.6 Å². The number of nitrogens with one attached hydrogen (secondary N) is 1. The molecular formula is C14H11N3O2. The van der Waals surface area contributed by atoms with Crippen LogP contribution in [0.1, 0.15) is 11.3 Å². The first-order chi connectivity index (χ1) is 9.24. The summed E-state index contributed by atoms with van der Waals surface area (Å²) in [5, 5.41) is 19.1. The summed E-state index contributed by atoms with van der Waals surface area (Å²) < 4.78 is 0.738. The van der Waals surface area contributed by atoms with E-state index in [9.17, 15) is 10.0 Å². The summed E-state index contributed by atoms with van der Waals surface area (Å²) in [6, 6.07) is 10.8. The largest absolute Gasteiger partial charge is 0.619 e. The van der Waals surface area contributed by atoms with Gasteiger partial charge in [0.05, 0.1) is 11.1 Å². The summed E-state index contributed by atoms with van der Waals surface area (Å²) in [6.07, 6.45) is 3.46. The molecule has 0 amide bonds. The Morgan fingerprint density at radius 1 is 1.11 bits per heavy atom. The van der Waals surface area contributed by atoms with E-state index in [0.29, 0.717) is 11.8 Å². The maximum Gasteiger partial charge on any atom is 0.272 e. The zero-order valence-corrected chi connectivity index (χ0v) is 10.0. The number of aromatic amines is 1. The Labute approximate surface area is 108 Å². The fraction of sp³-hybridized carbons (Fsp3) is 0.0714. The van der Waals surface area contributed by atoms with E-state index in [0.717, 1.165) is 21.4 Å². The van der Waals surface area contributed by atoms with Crippen molar-refractivity contribution in [3.8, 4) is 0 Å². The van der Waals surface area contributed by atoms with Crippen LogP contribution >= 0.6 is 0 Å². The molecule has 3 rings (SSSR count). The molecule has 1 N–H and O–H groups in total. The van der Waals surface area contributed by atoms with Gasteiger partial charge in [0.25, 0.3) is 5.56 Å². The molecule has 0 atom stereocenters. The zero-order valence-electron chi connectivity index (χ0n) is 10.0. The minimum Gasteiger partial charge on any atom is -0.619 e. The molecule has 0 aliphatic carbocycles. The molecule has 0 aliphatic heterocycles. The molecule has 2 aromatic heterocycles. The molecule has 5 nitrogen and oxygen atoms in total. The van der Waals surface area contributed by atoms with Crippen molar-refractivity contribution in [1.82, 2.24) is 10.2 Å². The van der Waals surface area contributed by atoms with Gasteiger partial charge in [-0.1, -0.05) is 18.2 Å². The quantitative estimate of drug-likeness (QED) is 0.550. The molecule has 0 unspecified atom stereocenters. The highest BCUT2D eigenvalue weighted by molar-refractivity contribution is 5.83. The molecule has 0 aliphatic rings. The van der Waals surface area contributed by atoms with Crippen LogP contribution in [0.5, 0.6) is 0 Å². The number of pyridine rings is 1. The topological polar surface area (TPSA) is 72.7 Å². The number of hydrogen-bond acceptors (Lipinski definition) is 3. The normalized spacial score (nSPS) is 10.7. The van der Waals surface area contributed by atoms with Crippen LogP contribution < -0.4 is 10.3 Å². The first-order valence-electron chi connectivity index (χ1n) is 5.88. The summed E-state index contributed by atoms with van der Waals surface area (Å²) in [4.78, 5) is 11.7. The Kier molecular flexibility index (Phi) is 2.72. The third-order valence-corrected chi connectivity index (χ3v) is 3.02. The van der Waals surface area contributed by atoms with E-state index in [-0.39, 0.29) is 5.56 Å². The average Bonchev–Trinajstić information content (AvgIpc) is 2.45.